The number of aliphatic hydroxyl groups is 1. The molecule has 1 aliphatic carbocycles. The fourth-order valence-corrected chi connectivity index (χ4v) is 1.53. The maximum absolute atomic E-state index is 9.13. The summed E-state index contributed by atoms with van der Waals surface area (Å²) in [6, 6.07) is 0. The summed E-state index contributed by atoms with van der Waals surface area (Å²) in [5.41, 5.74) is 1.25. The molecule has 16 heavy (non-hydrogen) atoms. The average Bonchev–Trinajstić information content (AvgIpc) is 2.83. The van der Waals surface area contributed by atoms with Crippen molar-refractivity contribution in [2.24, 2.45) is 11.3 Å². The Morgan fingerprint density at radius 3 is 2.69 bits per heavy atom. The van der Waals surface area contributed by atoms with Crippen LogP contribution in [0.5, 0.6) is 0 Å². The number of rotatable bonds is 1. The Kier molecular flexibility index (Phi) is 4.50. The van der Waals surface area contributed by atoms with E-state index in [0.29, 0.717) is 5.92 Å². The number of hydrogen-bond acceptors (Lipinski definition) is 2. The standard InChI is InChI=1S/C10H16O.C3H4N2/c1-8-4-5-10(3,7-11)9(2)6-8;1-2-5-3-4-1/h4-6,9,11H,7H2,1-3H3;1-3H,(H,4,5). The molecule has 1 aromatic rings. The van der Waals surface area contributed by atoms with E-state index in [1.165, 1.54) is 5.57 Å². The predicted octanol–water partition coefficient (Wildman–Crippen LogP) is 2.55. The van der Waals surface area contributed by atoms with Gasteiger partial charge in [-0.25, -0.2) is 4.98 Å². The number of aromatic nitrogens is 2. The van der Waals surface area contributed by atoms with E-state index in [-0.39, 0.29) is 12.0 Å². The lowest BCUT2D eigenvalue weighted by molar-refractivity contribution is 0.150. The van der Waals surface area contributed by atoms with Gasteiger partial charge in [0.2, 0.25) is 0 Å². The van der Waals surface area contributed by atoms with E-state index in [1.54, 1.807) is 18.7 Å². The molecule has 1 aliphatic rings. The van der Waals surface area contributed by atoms with Crippen LogP contribution in [0, 0.1) is 11.3 Å². The Morgan fingerprint density at radius 2 is 2.31 bits per heavy atom. The van der Waals surface area contributed by atoms with Crippen molar-refractivity contribution in [3.8, 4) is 0 Å². The second-order valence-electron chi connectivity index (χ2n) is 4.46. The third kappa shape index (κ3) is 3.35. The minimum Gasteiger partial charge on any atom is -0.395 e. The van der Waals surface area contributed by atoms with Crippen molar-refractivity contribution < 1.29 is 5.11 Å². The normalized spacial score (nSPS) is 28.0. The van der Waals surface area contributed by atoms with Crippen LogP contribution in [0.15, 0.2) is 42.5 Å². The zero-order valence-electron chi connectivity index (χ0n) is 10.1. The smallest absolute Gasteiger partial charge is 0.0919 e. The van der Waals surface area contributed by atoms with Crippen LogP contribution in [-0.4, -0.2) is 21.7 Å². The van der Waals surface area contributed by atoms with E-state index in [0.717, 1.165) is 0 Å². The van der Waals surface area contributed by atoms with Crippen molar-refractivity contribution in [1.82, 2.24) is 9.97 Å². The quantitative estimate of drug-likeness (QED) is 0.764. The number of nitrogens with zero attached hydrogens (tertiary/aromatic N) is 1. The Morgan fingerprint density at radius 1 is 1.56 bits per heavy atom. The Bertz CT molecular complexity index is 337. The lowest BCUT2D eigenvalue weighted by Gasteiger charge is -2.31. The predicted molar refractivity (Wildman–Crippen MR) is 65.8 cm³/mol. The molecule has 0 saturated heterocycles. The molecule has 0 saturated carbocycles. The lowest BCUT2D eigenvalue weighted by atomic mass is 9.75. The molecule has 0 radical (unpaired) electrons. The number of nitrogens with one attached hydrogen (secondary N) is 1. The van der Waals surface area contributed by atoms with Crippen LogP contribution >= 0.6 is 0 Å². The summed E-state index contributed by atoms with van der Waals surface area (Å²) in [5.74, 6) is 0.442. The van der Waals surface area contributed by atoms with Crippen LogP contribution in [0.3, 0.4) is 0 Å². The van der Waals surface area contributed by atoms with Gasteiger partial charge in [-0.15, -0.1) is 0 Å². The molecule has 3 nitrogen and oxygen atoms in total. The highest BCUT2D eigenvalue weighted by atomic mass is 16.3. The first-order valence-electron chi connectivity index (χ1n) is 5.50. The molecule has 1 aromatic heterocycles. The average molecular weight is 220 g/mol. The van der Waals surface area contributed by atoms with Crippen molar-refractivity contribution in [1.29, 1.82) is 0 Å². The second kappa shape index (κ2) is 5.66. The van der Waals surface area contributed by atoms with E-state index < -0.39 is 0 Å². The lowest BCUT2D eigenvalue weighted by Crippen LogP contribution is -2.27. The van der Waals surface area contributed by atoms with Gasteiger partial charge in [0.05, 0.1) is 12.9 Å². The van der Waals surface area contributed by atoms with Crippen LogP contribution in [0.4, 0.5) is 0 Å². The molecule has 2 rings (SSSR count). The summed E-state index contributed by atoms with van der Waals surface area (Å²) < 4.78 is 0. The maximum atomic E-state index is 9.13. The van der Waals surface area contributed by atoms with E-state index in [1.807, 2.05) is 0 Å². The van der Waals surface area contributed by atoms with Gasteiger partial charge in [0.1, 0.15) is 0 Å². The summed E-state index contributed by atoms with van der Waals surface area (Å²) in [5, 5.41) is 9.13. The fraction of sp³-hybridized carbons (Fsp3) is 0.462. The molecule has 0 aliphatic heterocycles. The van der Waals surface area contributed by atoms with Gasteiger partial charge in [-0.2, -0.15) is 0 Å². The topological polar surface area (TPSA) is 48.9 Å². The zero-order valence-corrected chi connectivity index (χ0v) is 10.1. The molecule has 0 aromatic carbocycles. The molecule has 88 valence electrons. The van der Waals surface area contributed by atoms with Gasteiger partial charge in [0.15, 0.2) is 0 Å². The minimum atomic E-state index is -0.0422. The maximum Gasteiger partial charge on any atom is 0.0919 e. The van der Waals surface area contributed by atoms with Gasteiger partial charge in [0, 0.05) is 17.8 Å². The zero-order chi connectivity index (χ0) is 12.0. The third-order valence-electron chi connectivity index (χ3n) is 3.03. The highest BCUT2D eigenvalue weighted by Gasteiger charge is 2.27. The Hall–Kier alpha value is -1.35. The van der Waals surface area contributed by atoms with Gasteiger partial charge in [0.25, 0.3) is 0 Å². The van der Waals surface area contributed by atoms with Crippen LogP contribution < -0.4 is 0 Å². The van der Waals surface area contributed by atoms with E-state index in [9.17, 15) is 0 Å². The molecule has 3 heteroatoms. The van der Waals surface area contributed by atoms with E-state index in [2.05, 4.69) is 49.0 Å². The monoisotopic (exact) mass is 220 g/mol. The number of aromatic amines is 1. The van der Waals surface area contributed by atoms with Gasteiger partial charge in [-0.1, -0.05) is 37.6 Å². The largest absolute Gasteiger partial charge is 0.395 e. The number of aliphatic hydroxyl groups excluding tert-OH is 1. The Balaban J connectivity index is 0.000000212. The number of imidazole rings is 1. The number of allylic oxidation sites excluding steroid dienone is 3. The van der Waals surface area contributed by atoms with E-state index in [4.69, 9.17) is 5.11 Å². The first-order valence-corrected chi connectivity index (χ1v) is 5.50. The fourth-order valence-electron chi connectivity index (χ4n) is 1.53. The molecule has 0 fully saturated rings. The van der Waals surface area contributed by atoms with E-state index >= 15 is 0 Å². The number of hydrogen-bond donors (Lipinski definition) is 2. The molecule has 0 amide bonds. The van der Waals surface area contributed by atoms with Crippen molar-refractivity contribution in [3.05, 3.63) is 42.5 Å². The van der Waals surface area contributed by atoms with Crippen molar-refractivity contribution >= 4 is 0 Å². The molecule has 1 heterocycles. The summed E-state index contributed by atoms with van der Waals surface area (Å²) >= 11 is 0. The molecule has 2 atom stereocenters. The molecule has 0 bridgehead atoms. The van der Waals surface area contributed by atoms with Crippen LogP contribution in [0.2, 0.25) is 0 Å². The van der Waals surface area contributed by atoms with Crippen LogP contribution in [-0.2, 0) is 0 Å². The summed E-state index contributed by atoms with van der Waals surface area (Å²) in [7, 11) is 0. The summed E-state index contributed by atoms with van der Waals surface area (Å²) in [4.78, 5) is 6.42. The molecular formula is C13H20N2O. The molecule has 2 N–H and O–H groups in total. The molecular weight excluding hydrogens is 200 g/mol. The first-order chi connectivity index (χ1) is 7.58. The number of H-pyrrole nitrogens is 1. The van der Waals surface area contributed by atoms with Gasteiger partial charge < -0.3 is 10.1 Å². The molecule has 2 unspecified atom stereocenters. The van der Waals surface area contributed by atoms with Gasteiger partial charge >= 0.3 is 0 Å². The van der Waals surface area contributed by atoms with Crippen molar-refractivity contribution in [2.75, 3.05) is 6.61 Å². The highest BCUT2D eigenvalue weighted by Crippen LogP contribution is 2.33. The van der Waals surface area contributed by atoms with Crippen molar-refractivity contribution in [2.45, 2.75) is 20.8 Å². The third-order valence-corrected chi connectivity index (χ3v) is 3.03. The Labute approximate surface area is 96.9 Å². The summed E-state index contributed by atoms with van der Waals surface area (Å²) in [6.45, 7) is 6.54. The van der Waals surface area contributed by atoms with Crippen LogP contribution in [0.25, 0.3) is 0 Å². The van der Waals surface area contributed by atoms with Gasteiger partial charge in [-0.3, -0.25) is 0 Å². The van der Waals surface area contributed by atoms with Crippen molar-refractivity contribution in [3.63, 3.8) is 0 Å². The highest BCUT2D eigenvalue weighted by molar-refractivity contribution is 5.26. The second-order valence-corrected chi connectivity index (χ2v) is 4.46. The molecule has 0 spiro atoms. The van der Waals surface area contributed by atoms with Gasteiger partial charge in [-0.05, 0) is 12.8 Å². The summed E-state index contributed by atoms with van der Waals surface area (Å²) in [6.07, 6.45) is 11.5. The first kappa shape index (κ1) is 12.7. The van der Waals surface area contributed by atoms with Crippen LogP contribution in [0.1, 0.15) is 20.8 Å². The SMILES string of the molecule is CC1=CC(C)C(C)(CO)C=C1.c1c[nH]cn1. The minimum absolute atomic E-state index is 0.0422.